The highest BCUT2D eigenvalue weighted by Gasteiger charge is 2.23. The third-order valence-electron chi connectivity index (χ3n) is 4.41. The Balaban J connectivity index is 1.85. The van der Waals surface area contributed by atoms with E-state index in [1.54, 1.807) is 19.1 Å². The maximum atomic E-state index is 12.8. The van der Waals surface area contributed by atoms with Crippen molar-refractivity contribution in [2.45, 2.75) is 25.3 Å². The van der Waals surface area contributed by atoms with Crippen LogP contribution in [0.4, 0.5) is 0 Å². The minimum absolute atomic E-state index is 0.121. The van der Waals surface area contributed by atoms with Crippen molar-refractivity contribution in [3.05, 3.63) is 65.5 Å². The van der Waals surface area contributed by atoms with Gasteiger partial charge in [-0.2, -0.15) is 4.31 Å². The molecule has 0 aliphatic rings. The summed E-state index contributed by atoms with van der Waals surface area (Å²) in [6, 6.07) is 14.1. The number of oxazole rings is 1. The van der Waals surface area contributed by atoms with Crippen LogP contribution < -0.4 is 4.74 Å². The molecule has 142 valence electrons. The monoisotopic (exact) mass is 386 g/mol. The summed E-state index contributed by atoms with van der Waals surface area (Å²) in [4.78, 5) is 4.72. The topological polar surface area (TPSA) is 72.6 Å². The second-order valence-corrected chi connectivity index (χ2v) is 8.32. The number of methoxy groups -OCH3 is 1. The van der Waals surface area contributed by atoms with E-state index < -0.39 is 10.0 Å². The van der Waals surface area contributed by atoms with Gasteiger partial charge in [0.25, 0.3) is 0 Å². The molecule has 3 aromatic rings. The largest absolute Gasteiger partial charge is 0.497 e. The normalized spacial score (nSPS) is 11.7. The summed E-state index contributed by atoms with van der Waals surface area (Å²) >= 11 is 0. The molecule has 0 amide bonds. The second-order valence-electron chi connectivity index (χ2n) is 6.27. The van der Waals surface area contributed by atoms with Crippen molar-refractivity contribution in [2.75, 3.05) is 14.2 Å². The van der Waals surface area contributed by atoms with Crippen molar-refractivity contribution in [3.8, 4) is 17.2 Å². The molecule has 0 aliphatic heterocycles. The average Bonchev–Trinajstić information content (AvgIpc) is 3.02. The lowest BCUT2D eigenvalue weighted by Crippen LogP contribution is -2.26. The van der Waals surface area contributed by atoms with Crippen LogP contribution in [0.15, 0.2) is 57.8 Å². The first kappa shape index (κ1) is 19.1. The minimum Gasteiger partial charge on any atom is -0.497 e. The van der Waals surface area contributed by atoms with Gasteiger partial charge in [0.05, 0.1) is 24.2 Å². The molecule has 0 fully saturated rings. The standard InChI is InChI=1S/C20H22N2O4S/c1-14-7-5-6-8-18(14)20-21-19(15(2)26-20)13-22(3)27(23,24)17-11-9-16(25-4)10-12-17/h5-12H,13H2,1-4H3. The fraction of sp³-hybridized carbons (Fsp3) is 0.250. The van der Waals surface area contributed by atoms with Gasteiger partial charge in [-0.3, -0.25) is 0 Å². The summed E-state index contributed by atoms with van der Waals surface area (Å²) in [5.74, 6) is 1.70. The van der Waals surface area contributed by atoms with Gasteiger partial charge in [0.2, 0.25) is 15.9 Å². The van der Waals surface area contributed by atoms with E-state index in [0.717, 1.165) is 11.1 Å². The molecule has 1 aromatic heterocycles. The van der Waals surface area contributed by atoms with Crippen LogP contribution in [0, 0.1) is 13.8 Å². The predicted octanol–water partition coefficient (Wildman–Crippen LogP) is 3.79. The Hall–Kier alpha value is -2.64. The fourth-order valence-corrected chi connectivity index (χ4v) is 3.86. The van der Waals surface area contributed by atoms with E-state index in [1.807, 2.05) is 31.2 Å². The van der Waals surface area contributed by atoms with Crippen LogP contribution in [-0.2, 0) is 16.6 Å². The lowest BCUT2D eigenvalue weighted by Gasteiger charge is -2.16. The van der Waals surface area contributed by atoms with E-state index in [4.69, 9.17) is 9.15 Å². The van der Waals surface area contributed by atoms with Gasteiger partial charge in [-0.1, -0.05) is 18.2 Å². The molecular weight excluding hydrogens is 364 g/mol. The number of ether oxygens (including phenoxy) is 1. The molecule has 0 radical (unpaired) electrons. The molecule has 3 rings (SSSR count). The van der Waals surface area contributed by atoms with Gasteiger partial charge in [-0.25, -0.2) is 13.4 Å². The zero-order chi connectivity index (χ0) is 19.6. The maximum Gasteiger partial charge on any atom is 0.243 e. The molecule has 0 bridgehead atoms. The number of nitrogens with zero attached hydrogens (tertiary/aromatic N) is 2. The van der Waals surface area contributed by atoms with Crippen molar-refractivity contribution >= 4 is 10.0 Å². The van der Waals surface area contributed by atoms with Gasteiger partial charge >= 0.3 is 0 Å². The van der Waals surface area contributed by atoms with Crippen molar-refractivity contribution < 1.29 is 17.6 Å². The van der Waals surface area contributed by atoms with Crippen LogP contribution >= 0.6 is 0 Å². The predicted molar refractivity (Wildman–Crippen MR) is 103 cm³/mol. The van der Waals surface area contributed by atoms with E-state index in [1.165, 1.54) is 30.6 Å². The third-order valence-corrected chi connectivity index (χ3v) is 6.23. The smallest absolute Gasteiger partial charge is 0.243 e. The van der Waals surface area contributed by atoms with E-state index in [9.17, 15) is 8.42 Å². The van der Waals surface area contributed by atoms with E-state index in [2.05, 4.69) is 4.98 Å². The lowest BCUT2D eigenvalue weighted by atomic mass is 10.1. The molecule has 0 unspecified atom stereocenters. The van der Waals surface area contributed by atoms with Crippen molar-refractivity contribution in [2.24, 2.45) is 0 Å². The Labute approximate surface area is 159 Å². The van der Waals surface area contributed by atoms with Crippen LogP contribution in [0.2, 0.25) is 0 Å². The minimum atomic E-state index is -3.65. The van der Waals surface area contributed by atoms with E-state index in [-0.39, 0.29) is 11.4 Å². The number of aromatic nitrogens is 1. The Morgan fingerprint density at radius 1 is 1.07 bits per heavy atom. The van der Waals surface area contributed by atoms with Gasteiger partial charge in [-0.05, 0) is 49.7 Å². The van der Waals surface area contributed by atoms with E-state index >= 15 is 0 Å². The number of benzene rings is 2. The number of hydrogen-bond donors (Lipinski definition) is 0. The molecule has 0 saturated carbocycles. The van der Waals surface area contributed by atoms with E-state index in [0.29, 0.717) is 23.1 Å². The van der Waals surface area contributed by atoms with Crippen LogP contribution in [0.25, 0.3) is 11.5 Å². The number of sulfonamides is 1. The summed E-state index contributed by atoms with van der Waals surface area (Å²) in [7, 11) is -0.581. The van der Waals surface area contributed by atoms with Crippen LogP contribution in [-0.4, -0.2) is 31.9 Å². The third kappa shape index (κ3) is 3.89. The quantitative estimate of drug-likeness (QED) is 0.644. The van der Waals surface area contributed by atoms with Gasteiger partial charge in [0.15, 0.2) is 0 Å². The highest BCUT2D eigenvalue weighted by atomic mass is 32.2. The molecule has 2 aromatic carbocycles. The highest BCUT2D eigenvalue weighted by molar-refractivity contribution is 7.89. The summed E-state index contributed by atoms with van der Waals surface area (Å²) < 4.78 is 37.7. The summed E-state index contributed by atoms with van der Waals surface area (Å²) in [6.07, 6.45) is 0. The Morgan fingerprint density at radius 2 is 1.74 bits per heavy atom. The van der Waals surface area contributed by atoms with Gasteiger partial charge in [0, 0.05) is 12.6 Å². The van der Waals surface area contributed by atoms with Crippen LogP contribution in [0.3, 0.4) is 0 Å². The summed E-state index contributed by atoms with van der Waals surface area (Å²) in [5, 5.41) is 0. The number of hydrogen-bond acceptors (Lipinski definition) is 5. The average molecular weight is 386 g/mol. The van der Waals surface area contributed by atoms with Crippen molar-refractivity contribution in [3.63, 3.8) is 0 Å². The lowest BCUT2D eigenvalue weighted by molar-refractivity contribution is 0.414. The molecule has 0 N–H and O–H groups in total. The second kappa shape index (κ2) is 7.54. The highest BCUT2D eigenvalue weighted by Crippen LogP contribution is 2.26. The zero-order valence-corrected chi connectivity index (χ0v) is 16.6. The SMILES string of the molecule is COc1ccc(S(=O)(=O)N(C)Cc2nc(-c3ccccc3C)oc2C)cc1. The summed E-state index contributed by atoms with van der Waals surface area (Å²) in [5.41, 5.74) is 2.53. The molecule has 27 heavy (non-hydrogen) atoms. The van der Waals surface area contributed by atoms with Gasteiger partial charge in [0.1, 0.15) is 11.5 Å². The first-order chi connectivity index (χ1) is 12.8. The van der Waals surface area contributed by atoms with Gasteiger partial charge in [-0.15, -0.1) is 0 Å². The Bertz CT molecular complexity index is 1040. The van der Waals surface area contributed by atoms with Crippen LogP contribution in [0.1, 0.15) is 17.0 Å². The molecule has 0 spiro atoms. The first-order valence-corrected chi connectivity index (χ1v) is 9.89. The van der Waals surface area contributed by atoms with Gasteiger partial charge < -0.3 is 9.15 Å². The van der Waals surface area contributed by atoms with Crippen molar-refractivity contribution in [1.82, 2.24) is 9.29 Å². The summed E-state index contributed by atoms with van der Waals surface area (Å²) in [6.45, 7) is 3.89. The molecule has 0 aliphatic carbocycles. The van der Waals surface area contributed by atoms with Crippen LogP contribution in [0.5, 0.6) is 5.75 Å². The first-order valence-electron chi connectivity index (χ1n) is 8.45. The fourth-order valence-electron chi connectivity index (χ4n) is 2.73. The molecule has 0 atom stereocenters. The molecule has 7 heteroatoms. The maximum absolute atomic E-state index is 12.8. The molecule has 6 nitrogen and oxygen atoms in total. The Morgan fingerprint density at radius 3 is 2.37 bits per heavy atom. The van der Waals surface area contributed by atoms with Crippen molar-refractivity contribution in [1.29, 1.82) is 0 Å². The molecule has 0 saturated heterocycles. The zero-order valence-electron chi connectivity index (χ0n) is 15.8. The Kier molecular flexibility index (Phi) is 5.34. The molecule has 1 heterocycles. The number of aryl methyl sites for hydroxylation is 2. The number of rotatable bonds is 6. The molecular formula is C20H22N2O4S.